The van der Waals surface area contributed by atoms with Crippen molar-refractivity contribution in [2.75, 3.05) is 6.54 Å². The highest BCUT2D eigenvalue weighted by atomic mass is 19.4. The largest absolute Gasteiger partial charge is 0.393 e. The fourth-order valence-electron chi connectivity index (χ4n) is 3.99. The summed E-state index contributed by atoms with van der Waals surface area (Å²) >= 11 is 0. The quantitative estimate of drug-likeness (QED) is 0.789. The number of rotatable bonds is 1. The predicted molar refractivity (Wildman–Crippen MR) is 72.7 cm³/mol. The summed E-state index contributed by atoms with van der Waals surface area (Å²) in [7, 11) is 0. The molecule has 3 unspecified atom stereocenters. The molecule has 0 aromatic heterocycles. The van der Waals surface area contributed by atoms with E-state index in [-0.39, 0.29) is 31.1 Å². The minimum absolute atomic E-state index is 0.109. The second-order valence-electron chi connectivity index (χ2n) is 6.96. The van der Waals surface area contributed by atoms with Crippen LogP contribution in [0.3, 0.4) is 0 Å². The third-order valence-corrected chi connectivity index (χ3v) is 5.50. The molecule has 6 heteroatoms. The van der Waals surface area contributed by atoms with E-state index in [9.17, 15) is 18.0 Å². The zero-order chi connectivity index (χ0) is 15.2. The third kappa shape index (κ3) is 3.14. The molecule has 1 saturated heterocycles. The van der Waals surface area contributed by atoms with Crippen LogP contribution in [0.5, 0.6) is 0 Å². The molecule has 0 aromatic carbocycles. The summed E-state index contributed by atoms with van der Waals surface area (Å²) < 4.78 is 38.6. The van der Waals surface area contributed by atoms with Crippen LogP contribution in [0.4, 0.5) is 18.0 Å². The first-order chi connectivity index (χ1) is 9.86. The van der Waals surface area contributed by atoms with Crippen LogP contribution >= 0.6 is 0 Å². The molecule has 0 spiro atoms. The normalized spacial score (nSPS) is 39.6. The molecule has 3 aliphatic rings. The van der Waals surface area contributed by atoms with Crippen LogP contribution in [-0.4, -0.2) is 35.7 Å². The van der Waals surface area contributed by atoms with E-state index in [1.54, 1.807) is 0 Å². The van der Waals surface area contributed by atoms with Crippen LogP contribution in [-0.2, 0) is 0 Å². The van der Waals surface area contributed by atoms with Gasteiger partial charge in [-0.15, -0.1) is 0 Å². The van der Waals surface area contributed by atoms with Crippen molar-refractivity contribution >= 4 is 6.03 Å². The summed E-state index contributed by atoms with van der Waals surface area (Å²) in [5.41, 5.74) is 0. The molecule has 1 N–H and O–H groups in total. The van der Waals surface area contributed by atoms with Gasteiger partial charge < -0.3 is 10.2 Å². The van der Waals surface area contributed by atoms with Gasteiger partial charge in [-0.2, -0.15) is 13.2 Å². The van der Waals surface area contributed by atoms with Crippen molar-refractivity contribution in [3.63, 3.8) is 0 Å². The van der Waals surface area contributed by atoms with Crippen LogP contribution in [0, 0.1) is 17.8 Å². The smallest absolute Gasteiger partial charge is 0.335 e. The molecule has 0 bridgehead atoms. The van der Waals surface area contributed by atoms with Crippen molar-refractivity contribution in [3.05, 3.63) is 0 Å². The molecule has 3 nitrogen and oxygen atoms in total. The lowest BCUT2D eigenvalue weighted by atomic mass is 9.93. The fraction of sp³-hybridized carbons (Fsp3) is 0.933. The second kappa shape index (κ2) is 5.36. The number of carbonyl (C=O) groups excluding carboxylic acids is 1. The number of nitrogens with one attached hydrogen (secondary N) is 1. The predicted octanol–water partition coefficient (Wildman–Crippen LogP) is 3.55. The third-order valence-electron chi connectivity index (χ3n) is 5.50. The van der Waals surface area contributed by atoms with Crippen LogP contribution in [0.2, 0.25) is 0 Å². The number of hydrogen-bond acceptors (Lipinski definition) is 1. The van der Waals surface area contributed by atoms with Crippen molar-refractivity contribution in [1.82, 2.24) is 10.2 Å². The molecule has 2 aliphatic carbocycles. The van der Waals surface area contributed by atoms with E-state index in [1.165, 1.54) is 17.7 Å². The molecule has 3 fully saturated rings. The van der Waals surface area contributed by atoms with Gasteiger partial charge in [0.25, 0.3) is 0 Å². The summed E-state index contributed by atoms with van der Waals surface area (Å²) in [6.45, 7) is 1.64. The van der Waals surface area contributed by atoms with Gasteiger partial charge in [0.15, 0.2) is 0 Å². The number of likely N-dealkylation sites (tertiary alicyclic amines) is 1. The molecular formula is C15H23F3N2O. The summed E-state index contributed by atoms with van der Waals surface area (Å²) in [6.07, 6.45) is 0.853. The molecule has 3 rings (SSSR count). The van der Waals surface area contributed by atoms with Crippen LogP contribution in [0.15, 0.2) is 0 Å². The molecule has 0 radical (unpaired) electrons. The molecule has 120 valence electrons. The van der Waals surface area contributed by atoms with Crippen molar-refractivity contribution in [1.29, 1.82) is 0 Å². The van der Waals surface area contributed by atoms with Gasteiger partial charge in [0.2, 0.25) is 0 Å². The Morgan fingerprint density at radius 3 is 2.67 bits per heavy atom. The minimum atomic E-state index is -4.20. The highest BCUT2D eigenvalue weighted by Crippen LogP contribution is 2.49. The number of amides is 2. The van der Waals surface area contributed by atoms with E-state index >= 15 is 0 Å². The summed E-state index contributed by atoms with van der Waals surface area (Å²) in [5, 5.41) is 3.00. The number of carbonyl (C=O) groups is 1. The Balaban J connectivity index is 1.59. The van der Waals surface area contributed by atoms with Gasteiger partial charge >= 0.3 is 12.2 Å². The van der Waals surface area contributed by atoms with Crippen LogP contribution < -0.4 is 5.32 Å². The Kier molecular flexibility index (Phi) is 3.82. The lowest BCUT2D eigenvalue weighted by Gasteiger charge is -2.39. The highest BCUT2D eigenvalue weighted by molar-refractivity contribution is 5.75. The molecule has 21 heavy (non-hydrogen) atoms. The standard InChI is InChI=1S/C15H23F3N2O/c1-9-5-6-11(15(16,17)18)8-20(9)14(21)19-13-4-2-3-10-7-12(10)13/h9-13H,2-8H2,1H3,(H,19,21)/t9?,10-,11?,12+,13?/m1/s1. The topological polar surface area (TPSA) is 32.3 Å². The van der Waals surface area contributed by atoms with Gasteiger partial charge in [-0.25, -0.2) is 4.79 Å². The number of urea groups is 1. The van der Waals surface area contributed by atoms with Crippen LogP contribution in [0.25, 0.3) is 0 Å². The lowest BCUT2D eigenvalue weighted by Crippen LogP contribution is -2.54. The van der Waals surface area contributed by atoms with E-state index in [0.29, 0.717) is 12.3 Å². The van der Waals surface area contributed by atoms with Crippen molar-refractivity contribution in [2.24, 2.45) is 17.8 Å². The Labute approximate surface area is 123 Å². The lowest BCUT2D eigenvalue weighted by molar-refractivity contribution is -0.186. The molecule has 5 atom stereocenters. The number of nitrogens with zero attached hydrogens (tertiary/aromatic N) is 1. The number of fused-ring (bicyclic) bond motifs is 1. The Hall–Kier alpha value is -0.940. The zero-order valence-corrected chi connectivity index (χ0v) is 12.3. The molecule has 2 saturated carbocycles. The number of hydrogen-bond donors (Lipinski definition) is 1. The Morgan fingerprint density at radius 1 is 1.19 bits per heavy atom. The van der Waals surface area contributed by atoms with Crippen molar-refractivity contribution < 1.29 is 18.0 Å². The molecular weight excluding hydrogens is 281 g/mol. The van der Waals surface area contributed by atoms with E-state index < -0.39 is 12.1 Å². The van der Waals surface area contributed by atoms with E-state index in [0.717, 1.165) is 18.8 Å². The molecule has 1 heterocycles. The SMILES string of the molecule is CC1CCC(C(F)(F)F)CN1C(=O)NC1CCC[C@@H]2C[C@H]12. The molecule has 0 aromatic rings. The summed E-state index contributed by atoms with van der Waals surface area (Å²) in [6, 6.07) is -0.231. The highest BCUT2D eigenvalue weighted by Gasteiger charge is 2.47. The molecule has 2 amide bonds. The van der Waals surface area contributed by atoms with Gasteiger partial charge in [-0.05, 0) is 44.4 Å². The average Bonchev–Trinajstić information content (AvgIpc) is 3.18. The van der Waals surface area contributed by atoms with Gasteiger partial charge in [-0.3, -0.25) is 0 Å². The number of piperidine rings is 1. The van der Waals surface area contributed by atoms with E-state index in [4.69, 9.17) is 0 Å². The van der Waals surface area contributed by atoms with E-state index in [1.807, 2.05) is 6.92 Å². The number of alkyl halides is 3. The van der Waals surface area contributed by atoms with Gasteiger partial charge in [0.1, 0.15) is 0 Å². The first kappa shape index (κ1) is 15.0. The summed E-state index contributed by atoms with van der Waals surface area (Å²) in [4.78, 5) is 13.8. The van der Waals surface area contributed by atoms with Crippen molar-refractivity contribution in [2.45, 2.75) is 63.7 Å². The van der Waals surface area contributed by atoms with E-state index in [2.05, 4.69) is 5.32 Å². The summed E-state index contributed by atoms with van der Waals surface area (Å²) in [5.74, 6) is -0.0635. The Bertz CT molecular complexity index is 412. The number of halogens is 3. The Morgan fingerprint density at radius 2 is 1.95 bits per heavy atom. The first-order valence-electron chi connectivity index (χ1n) is 8.00. The maximum Gasteiger partial charge on any atom is 0.393 e. The van der Waals surface area contributed by atoms with Crippen molar-refractivity contribution in [3.8, 4) is 0 Å². The maximum absolute atomic E-state index is 12.9. The van der Waals surface area contributed by atoms with Gasteiger partial charge in [0.05, 0.1) is 5.92 Å². The van der Waals surface area contributed by atoms with Gasteiger partial charge in [0, 0.05) is 18.6 Å². The zero-order valence-electron chi connectivity index (χ0n) is 12.3. The van der Waals surface area contributed by atoms with Crippen LogP contribution in [0.1, 0.15) is 45.4 Å². The first-order valence-corrected chi connectivity index (χ1v) is 8.00. The maximum atomic E-state index is 12.9. The fourth-order valence-corrected chi connectivity index (χ4v) is 3.99. The monoisotopic (exact) mass is 304 g/mol. The second-order valence-corrected chi connectivity index (χ2v) is 6.96. The minimum Gasteiger partial charge on any atom is -0.335 e. The average molecular weight is 304 g/mol. The molecule has 1 aliphatic heterocycles. The van der Waals surface area contributed by atoms with Gasteiger partial charge in [-0.1, -0.05) is 12.8 Å².